The number of carboxylic acid groups (broad SMARTS) is 1. The van der Waals surface area contributed by atoms with Crippen LogP contribution < -0.4 is 0 Å². The number of halogens is 4. The number of hydrogen-bond donors (Lipinski definition) is 1. The van der Waals surface area contributed by atoms with Crippen molar-refractivity contribution in [3.05, 3.63) is 39.4 Å². The van der Waals surface area contributed by atoms with Crippen LogP contribution >= 0.6 is 15.9 Å². The van der Waals surface area contributed by atoms with Crippen molar-refractivity contribution in [3.63, 3.8) is 0 Å². The first-order chi connectivity index (χ1) is 14.4. The van der Waals surface area contributed by atoms with Crippen molar-refractivity contribution in [2.75, 3.05) is 7.05 Å². The fourth-order valence-corrected chi connectivity index (χ4v) is 6.12. The van der Waals surface area contributed by atoms with Gasteiger partial charge in [-0.25, -0.2) is 8.42 Å². The Bertz CT molecular complexity index is 1040. The fraction of sp³-hybridized carbons (Fsp3) is 0.500. The fourth-order valence-electron chi connectivity index (χ4n) is 4.04. The van der Waals surface area contributed by atoms with Crippen molar-refractivity contribution < 1.29 is 31.5 Å². The molecule has 0 saturated heterocycles. The van der Waals surface area contributed by atoms with E-state index in [4.69, 9.17) is 5.11 Å². The van der Waals surface area contributed by atoms with E-state index in [0.717, 1.165) is 40.4 Å². The van der Waals surface area contributed by atoms with E-state index in [1.54, 1.807) is 6.21 Å². The first kappa shape index (κ1) is 23.9. The lowest BCUT2D eigenvalue weighted by Crippen LogP contribution is -2.40. The smallest absolute Gasteiger partial charge is 0.416 e. The summed E-state index contributed by atoms with van der Waals surface area (Å²) < 4.78 is 67.1. The number of hydrogen-bond acceptors (Lipinski definition) is 4. The van der Waals surface area contributed by atoms with Gasteiger partial charge in [-0.3, -0.25) is 9.79 Å². The second-order valence-corrected chi connectivity index (χ2v) is 10.6. The van der Waals surface area contributed by atoms with Crippen LogP contribution in [0.2, 0.25) is 0 Å². The van der Waals surface area contributed by atoms with Gasteiger partial charge in [-0.1, -0.05) is 21.5 Å². The molecule has 1 aliphatic carbocycles. The van der Waals surface area contributed by atoms with Crippen molar-refractivity contribution in [2.24, 2.45) is 4.99 Å². The summed E-state index contributed by atoms with van der Waals surface area (Å²) in [6.07, 6.45) is -0.0432. The average Bonchev–Trinajstić information content (AvgIpc) is 2.88. The average molecular weight is 523 g/mol. The lowest BCUT2D eigenvalue weighted by atomic mass is 9.86. The van der Waals surface area contributed by atoms with Crippen molar-refractivity contribution in [2.45, 2.75) is 61.7 Å². The van der Waals surface area contributed by atoms with Gasteiger partial charge in [0.05, 0.1) is 29.0 Å². The molecule has 1 aromatic rings. The predicted octanol–water partition coefficient (Wildman–Crippen LogP) is 4.65. The monoisotopic (exact) mass is 522 g/mol. The summed E-state index contributed by atoms with van der Waals surface area (Å²) >= 11 is 2.97. The standard InChI is InChI=1S/C20H22BrF3N2O4S/c1-26(31(29,30)16-8-13(20(22,23)24)7-14(21)9-16)18-4-2-3-12-5-6-15(10-19(27)28)25-11-17(12)18/h7-9,11,15,18H,2-6,10H2,1H3,(H,27,28). The molecule has 0 saturated carbocycles. The van der Waals surface area contributed by atoms with E-state index < -0.39 is 38.7 Å². The second kappa shape index (κ2) is 9.03. The highest BCUT2D eigenvalue weighted by molar-refractivity contribution is 9.10. The number of nitrogens with zero attached hydrogens (tertiary/aromatic N) is 2. The highest BCUT2D eigenvalue weighted by atomic mass is 79.9. The lowest BCUT2D eigenvalue weighted by molar-refractivity contribution is -0.138. The third-order valence-corrected chi connectivity index (χ3v) is 7.95. The molecule has 0 aromatic heterocycles. The summed E-state index contributed by atoms with van der Waals surface area (Å²) in [5, 5.41) is 9.03. The van der Waals surface area contributed by atoms with Crippen LogP contribution in [0, 0.1) is 0 Å². The van der Waals surface area contributed by atoms with Crippen LogP contribution in [0.3, 0.4) is 0 Å². The first-order valence-electron chi connectivity index (χ1n) is 9.72. The van der Waals surface area contributed by atoms with Crippen LogP contribution in [-0.2, 0) is 21.0 Å². The molecule has 0 spiro atoms. The quantitative estimate of drug-likeness (QED) is 0.609. The van der Waals surface area contributed by atoms with Crippen molar-refractivity contribution in [3.8, 4) is 0 Å². The highest BCUT2D eigenvalue weighted by Gasteiger charge is 2.37. The molecule has 31 heavy (non-hydrogen) atoms. The number of likely N-dealkylation sites (N-methyl/N-ethyl adjacent to an activating group) is 1. The number of carbonyl (C=O) groups is 1. The summed E-state index contributed by atoms with van der Waals surface area (Å²) in [4.78, 5) is 14.9. The Morgan fingerprint density at radius 2 is 1.97 bits per heavy atom. The van der Waals surface area contributed by atoms with Crippen molar-refractivity contribution in [1.82, 2.24) is 4.31 Å². The summed E-state index contributed by atoms with van der Waals surface area (Å²) in [7, 11) is -2.87. The number of aliphatic carboxylic acids is 1. The second-order valence-electron chi connectivity index (χ2n) is 7.73. The van der Waals surface area contributed by atoms with Crippen LogP contribution in [0.25, 0.3) is 0 Å². The number of sulfonamides is 1. The van der Waals surface area contributed by atoms with Gasteiger partial charge in [-0.05, 0) is 55.9 Å². The number of benzene rings is 1. The van der Waals surface area contributed by atoms with Gasteiger partial charge in [-0.15, -0.1) is 0 Å². The van der Waals surface area contributed by atoms with Gasteiger partial charge in [0.15, 0.2) is 0 Å². The maximum absolute atomic E-state index is 13.2. The first-order valence-corrected chi connectivity index (χ1v) is 12.0. The predicted molar refractivity (Wildman–Crippen MR) is 113 cm³/mol. The highest BCUT2D eigenvalue weighted by Crippen LogP contribution is 2.37. The van der Waals surface area contributed by atoms with E-state index in [2.05, 4.69) is 20.9 Å². The number of allylic oxidation sites excluding steroid dienone is 1. The minimum absolute atomic E-state index is 0.0189. The zero-order valence-corrected chi connectivity index (χ0v) is 19.1. The van der Waals surface area contributed by atoms with Crippen LogP contribution in [0.1, 0.15) is 44.1 Å². The zero-order valence-electron chi connectivity index (χ0n) is 16.7. The van der Waals surface area contributed by atoms with Gasteiger partial charge in [0.2, 0.25) is 10.0 Å². The lowest BCUT2D eigenvalue weighted by Gasteiger charge is -2.33. The van der Waals surface area contributed by atoms with E-state index >= 15 is 0 Å². The van der Waals surface area contributed by atoms with E-state index in [1.807, 2.05) is 0 Å². The van der Waals surface area contributed by atoms with Crippen molar-refractivity contribution in [1.29, 1.82) is 0 Å². The zero-order chi connectivity index (χ0) is 23.0. The number of aliphatic imine (C=N–C) groups is 1. The summed E-state index contributed by atoms with van der Waals surface area (Å²) in [5.74, 6) is -0.951. The largest absolute Gasteiger partial charge is 0.481 e. The minimum atomic E-state index is -4.68. The maximum Gasteiger partial charge on any atom is 0.416 e. The van der Waals surface area contributed by atoms with Gasteiger partial charge in [0.1, 0.15) is 0 Å². The molecule has 0 fully saturated rings. The Labute approximate surface area is 187 Å². The molecule has 170 valence electrons. The van der Waals surface area contributed by atoms with Crippen molar-refractivity contribution >= 4 is 38.1 Å². The molecule has 2 atom stereocenters. The van der Waals surface area contributed by atoms with Crippen LogP contribution in [-0.4, -0.2) is 49.1 Å². The van der Waals surface area contributed by atoms with Gasteiger partial charge in [-0.2, -0.15) is 17.5 Å². The molecule has 2 aliphatic rings. The molecule has 6 nitrogen and oxygen atoms in total. The molecule has 0 bridgehead atoms. The Hall–Kier alpha value is -1.72. The Morgan fingerprint density at radius 3 is 2.61 bits per heavy atom. The molecular weight excluding hydrogens is 501 g/mol. The summed E-state index contributed by atoms with van der Waals surface area (Å²) in [6.45, 7) is 0. The maximum atomic E-state index is 13.2. The summed E-state index contributed by atoms with van der Waals surface area (Å²) in [5.41, 5.74) is 0.696. The van der Waals surface area contributed by atoms with Gasteiger partial charge in [0.25, 0.3) is 0 Å². The van der Waals surface area contributed by atoms with E-state index in [9.17, 15) is 26.4 Å². The molecular formula is C20H22BrF3N2O4S. The Morgan fingerprint density at radius 1 is 1.26 bits per heavy atom. The van der Waals surface area contributed by atoms with Gasteiger partial charge < -0.3 is 5.11 Å². The summed E-state index contributed by atoms with van der Waals surface area (Å²) in [6, 6.07) is 1.67. The SMILES string of the molecule is CN(C1CCCC2=C1C=NC(CC(=O)O)CC2)S(=O)(=O)c1cc(Br)cc(C(F)(F)F)c1. The molecule has 1 aromatic carbocycles. The Kier molecular flexibility index (Phi) is 6.97. The van der Waals surface area contributed by atoms with Crippen LogP contribution in [0.15, 0.2) is 43.7 Å². The van der Waals surface area contributed by atoms with Crippen LogP contribution in [0.5, 0.6) is 0 Å². The Balaban J connectivity index is 1.95. The minimum Gasteiger partial charge on any atom is -0.481 e. The van der Waals surface area contributed by atoms with Crippen LogP contribution in [0.4, 0.5) is 13.2 Å². The third-order valence-electron chi connectivity index (χ3n) is 5.65. The molecule has 1 aliphatic heterocycles. The molecule has 11 heteroatoms. The van der Waals surface area contributed by atoms with Gasteiger partial charge >= 0.3 is 12.1 Å². The molecule has 0 amide bonds. The molecule has 2 unspecified atom stereocenters. The number of alkyl halides is 3. The normalized spacial score (nSPS) is 22.4. The number of rotatable bonds is 5. The third kappa shape index (κ3) is 5.38. The number of carboxylic acids is 1. The van der Waals surface area contributed by atoms with E-state index in [1.165, 1.54) is 7.05 Å². The van der Waals surface area contributed by atoms with E-state index in [-0.39, 0.29) is 16.9 Å². The molecule has 0 radical (unpaired) electrons. The molecule has 1 heterocycles. The topological polar surface area (TPSA) is 87.0 Å². The molecule has 1 N–H and O–H groups in total. The van der Waals surface area contributed by atoms with Gasteiger partial charge in [0, 0.05) is 17.7 Å². The van der Waals surface area contributed by atoms with E-state index in [0.29, 0.717) is 25.3 Å². The molecule has 3 rings (SSSR count).